The summed E-state index contributed by atoms with van der Waals surface area (Å²) in [6.45, 7) is 0.825. The van der Waals surface area contributed by atoms with Gasteiger partial charge in [0.1, 0.15) is 72.6 Å². The fraction of sp³-hybridized carbons (Fsp3) is 0.513. The number of nitrogens with two attached hydrogens (primary N) is 3. The Labute approximate surface area is 718 Å². The number of nitrogens with one attached hydrogen (secondary N) is 15. The van der Waals surface area contributed by atoms with Crippen molar-refractivity contribution >= 4 is 152 Å². The third kappa shape index (κ3) is 35.0. The molecule has 15 amide bonds. The third-order valence-electron chi connectivity index (χ3n) is 19.4. The number of ketones is 1. The molecule has 4 aromatic rings. The molecule has 0 saturated carbocycles. The number of nitrogen functional groups attached to an aromatic ring is 1. The molecule has 682 valence electrons. The molecule has 0 radical (unpaired) electrons. The lowest BCUT2D eigenvalue weighted by molar-refractivity contribution is -0.156. The minimum absolute atomic E-state index is 0.0201. The fourth-order valence-corrected chi connectivity index (χ4v) is 13.3. The monoisotopic (exact) mass is 1770 g/mol. The lowest BCUT2D eigenvalue weighted by atomic mass is 9.96. The van der Waals surface area contributed by atoms with Gasteiger partial charge in [0.2, 0.25) is 88.6 Å². The number of aliphatic hydroxyl groups is 1. The number of cyclic esters (lactones) is 1. The Morgan fingerprint density at radius 2 is 1.14 bits per heavy atom. The van der Waals surface area contributed by atoms with Gasteiger partial charge in [-0.2, -0.15) is 0 Å². The van der Waals surface area contributed by atoms with Crippen LogP contribution in [-0.2, 0) is 113 Å². The first-order valence-corrected chi connectivity index (χ1v) is 40.8. The van der Waals surface area contributed by atoms with Crippen molar-refractivity contribution in [3.05, 3.63) is 82.4 Å². The van der Waals surface area contributed by atoms with Crippen LogP contribution in [0.25, 0.3) is 10.9 Å². The molecular weight excluding hydrogens is 1670 g/mol. The molecule has 0 aliphatic carbocycles. The predicted octanol–water partition coefficient (Wildman–Crippen LogP) is -5.44. The van der Waals surface area contributed by atoms with Crippen LogP contribution < -0.4 is 91.6 Å². The normalized spacial score (nSPS) is 20.6. The molecule has 47 heteroatoms. The zero-order valence-electron chi connectivity index (χ0n) is 68.8. The molecule has 1 aliphatic rings. The molecule has 2 aromatic heterocycles. The summed E-state index contributed by atoms with van der Waals surface area (Å²) in [5, 5.41) is 83.3. The van der Waals surface area contributed by atoms with Crippen LogP contribution in [0.5, 0.6) is 0 Å². The van der Waals surface area contributed by atoms with E-state index < -0.39 is 273 Å². The number of esters is 1. The summed E-state index contributed by atoms with van der Waals surface area (Å²) in [6.07, 6.45) is -3.00. The summed E-state index contributed by atoms with van der Waals surface area (Å²) >= 11 is 1.22. The standard InChI is InChI=1S/C78H107N19O27S/c1-5-6-7-8-9-10-11-22-58(101)89-49(25-41-32-83-47-20-15-13-17-43(41)47)72(117)92-50(28-57(81)100)73(118)94-53(31-64(110)111)74(119)97-66-40(4)124-78(123)54(27-56(99)44-18-12-14-19-45(44)79)95-77(122)65(38(2)24-61(104)105)96-75(120)55(35-98)90-60(103)33-84-69(114)51(29-62(106)107)91-67(112)39(3)87-71(116)52(30-63(108)109)93-70(115)48(88-59(102)34-85-76(66)121)21-16-23-82-68(113)46(80)26-42-36-125-37-86-42/h12-15,17-20,32,36-40,46,48-55,65-66,83,98H,5-11,16,21-31,33-35,79-80H2,1-4H3,(H2,81,100)(H,82,113)(H,84,114)(H,85,121)(H,87,116)(H,88,102)(H,89,101)(H,90,103)(H,91,112)(H,92,117)(H,93,115)(H,94,118)(H,95,122)(H,96,120)(H,97,119)(H,104,105)(H,106,107)(H,108,109)(H,110,111). The lowest BCUT2D eigenvalue weighted by Gasteiger charge is -2.30. The van der Waals surface area contributed by atoms with E-state index in [-0.39, 0.29) is 43.5 Å². The number of aliphatic carboxylic acids is 4. The average molecular weight is 1770 g/mol. The van der Waals surface area contributed by atoms with E-state index in [0.717, 1.165) is 52.9 Å². The van der Waals surface area contributed by atoms with Crippen molar-refractivity contribution in [2.24, 2.45) is 17.4 Å². The van der Waals surface area contributed by atoms with E-state index in [2.05, 4.69) is 75.4 Å². The molecule has 3 heterocycles. The molecule has 0 bridgehead atoms. The number of anilines is 1. The van der Waals surface area contributed by atoms with Crippen LogP contribution in [0.2, 0.25) is 0 Å². The largest absolute Gasteiger partial charge is 0.481 e. The Kier molecular flexibility index (Phi) is 41.9. The molecule has 2 aromatic carbocycles. The highest BCUT2D eigenvalue weighted by Gasteiger charge is 2.41. The number of carboxylic acid groups (broad SMARTS) is 4. The van der Waals surface area contributed by atoms with Gasteiger partial charge in [0.15, 0.2) is 5.78 Å². The number of hydrogen-bond acceptors (Lipinski definition) is 27. The van der Waals surface area contributed by atoms with Gasteiger partial charge >= 0.3 is 29.8 Å². The summed E-state index contributed by atoms with van der Waals surface area (Å²) in [6, 6.07) is -12.3. The highest BCUT2D eigenvalue weighted by Crippen LogP contribution is 2.22. The van der Waals surface area contributed by atoms with E-state index in [1.807, 2.05) is 16.0 Å². The van der Waals surface area contributed by atoms with E-state index in [1.54, 1.807) is 35.8 Å². The highest BCUT2D eigenvalue weighted by atomic mass is 32.1. The van der Waals surface area contributed by atoms with Crippen molar-refractivity contribution in [2.75, 3.05) is 32.0 Å². The number of thiazole rings is 1. The maximum atomic E-state index is 15.0. The minimum Gasteiger partial charge on any atom is -0.481 e. The molecule has 5 rings (SSSR count). The zero-order valence-corrected chi connectivity index (χ0v) is 69.6. The van der Waals surface area contributed by atoms with Gasteiger partial charge in [-0.3, -0.25) is 95.9 Å². The Morgan fingerprint density at radius 1 is 0.576 bits per heavy atom. The number of carboxylic acids is 4. The molecule has 0 spiro atoms. The van der Waals surface area contributed by atoms with Gasteiger partial charge in [0.05, 0.1) is 69.0 Å². The van der Waals surface area contributed by atoms with Crippen molar-refractivity contribution in [2.45, 2.75) is 222 Å². The SMILES string of the molecule is CCCCCCCCCC(=O)NC(Cc1c[nH]c2ccccc12)C(=O)NC(CC(N)=O)C(=O)NC(CC(=O)O)C(=O)NC1C(=O)NCC(=O)NC(CCCNC(=O)C(N)Cc2cscn2)C(=O)NC(CC(=O)O)C(=O)NC(C)C(=O)NC(CC(=O)O)C(=O)NCC(=O)NC(CO)C(=O)NC(C(C)CC(=O)O)C(=O)NC(CC(=O)c2ccccc2N)C(=O)OC1C. The van der Waals surface area contributed by atoms with Gasteiger partial charge in [-0.15, -0.1) is 11.3 Å². The number of rotatable bonds is 39. The van der Waals surface area contributed by atoms with E-state index >= 15 is 0 Å². The number of carbonyl (C=O) groups excluding carboxylic acids is 17. The number of fused-ring (bicyclic) bond motifs is 1. The number of aliphatic hydroxyl groups excluding tert-OH is 1. The molecule has 125 heavy (non-hydrogen) atoms. The van der Waals surface area contributed by atoms with Crippen molar-refractivity contribution in [1.29, 1.82) is 0 Å². The van der Waals surface area contributed by atoms with Crippen molar-refractivity contribution < 1.29 is 131 Å². The number of Topliss-reactive ketones (excluding diaryl/α,β-unsaturated/α-hetero) is 1. The molecule has 1 saturated heterocycles. The second kappa shape index (κ2) is 51.4. The van der Waals surface area contributed by atoms with Crippen LogP contribution in [0, 0.1) is 5.92 Å². The molecule has 14 unspecified atom stereocenters. The van der Waals surface area contributed by atoms with Crippen LogP contribution in [0.3, 0.4) is 0 Å². The number of carbonyl (C=O) groups is 21. The van der Waals surface area contributed by atoms with Gasteiger partial charge in [0.25, 0.3) is 0 Å². The topological polar surface area (TPSA) is 744 Å². The van der Waals surface area contributed by atoms with Gasteiger partial charge in [0, 0.05) is 66.0 Å². The number of amides is 15. The van der Waals surface area contributed by atoms with Crippen molar-refractivity contribution in [3.8, 4) is 0 Å². The number of nitrogens with zero attached hydrogens (tertiary/aromatic N) is 1. The molecular formula is C78H107N19O27S. The number of aromatic amines is 1. The summed E-state index contributed by atoms with van der Waals surface area (Å²) < 4.78 is 5.72. The highest BCUT2D eigenvalue weighted by molar-refractivity contribution is 7.07. The third-order valence-corrected chi connectivity index (χ3v) is 20.0. The second-order valence-corrected chi connectivity index (χ2v) is 30.3. The Balaban J connectivity index is 1.63. The molecule has 46 nitrogen and oxygen atoms in total. The van der Waals surface area contributed by atoms with Crippen molar-refractivity contribution in [1.82, 2.24) is 84.4 Å². The van der Waals surface area contributed by atoms with E-state index in [9.17, 15) is 126 Å². The molecule has 1 fully saturated rings. The summed E-state index contributed by atoms with van der Waals surface area (Å²) in [5.74, 6) is -31.1. The first-order valence-electron chi connectivity index (χ1n) is 39.8. The Hall–Kier alpha value is -13.6. The van der Waals surface area contributed by atoms with Gasteiger partial charge in [-0.25, -0.2) is 9.78 Å². The summed E-state index contributed by atoms with van der Waals surface area (Å²) in [7, 11) is 0. The summed E-state index contributed by atoms with van der Waals surface area (Å²) in [5.41, 5.74) is 20.4. The maximum Gasteiger partial charge on any atom is 0.329 e. The first-order chi connectivity index (χ1) is 59.2. The molecule has 14 atom stereocenters. The lowest BCUT2D eigenvalue weighted by Crippen LogP contribution is -2.62. The minimum atomic E-state index is -2.50. The number of benzene rings is 2. The maximum absolute atomic E-state index is 15.0. The molecule has 1 aliphatic heterocycles. The number of H-pyrrole nitrogens is 1. The number of hydrogen-bond donors (Lipinski definition) is 23. The van der Waals surface area contributed by atoms with Crippen LogP contribution in [-0.4, -0.2) is 265 Å². The van der Waals surface area contributed by atoms with Crippen LogP contribution >= 0.6 is 11.3 Å². The Morgan fingerprint density at radius 3 is 1.76 bits per heavy atom. The van der Waals surface area contributed by atoms with Gasteiger partial charge < -0.3 is 127 Å². The number of aromatic nitrogens is 2. The van der Waals surface area contributed by atoms with E-state index in [1.165, 1.54) is 41.1 Å². The first kappa shape index (κ1) is 102. The van der Waals surface area contributed by atoms with Crippen LogP contribution in [0.4, 0.5) is 5.69 Å². The van der Waals surface area contributed by atoms with E-state index in [4.69, 9.17) is 21.9 Å². The fourth-order valence-electron chi connectivity index (χ4n) is 12.7. The smallest absolute Gasteiger partial charge is 0.329 e. The van der Waals surface area contributed by atoms with Crippen molar-refractivity contribution in [3.63, 3.8) is 0 Å². The zero-order chi connectivity index (χ0) is 92.7. The molecule has 26 N–H and O–H groups in total. The number of ether oxygens (including phenoxy) is 1. The van der Waals surface area contributed by atoms with Gasteiger partial charge in [-0.1, -0.05) is 82.7 Å². The number of para-hydroxylation sites is 2. The van der Waals surface area contributed by atoms with Gasteiger partial charge in [-0.05, 0) is 62.8 Å². The number of unbranched alkanes of at least 4 members (excludes halogenated alkanes) is 6. The quantitative estimate of drug-likeness (QED) is 0.00858. The predicted molar refractivity (Wildman–Crippen MR) is 438 cm³/mol. The van der Waals surface area contributed by atoms with Crippen LogP contribution in [0.15, 0.2) is 65.6 Å². The average Bonchev–Trinajstić information content (AvgIpc) is 1.39. The second-order valence-electron chi connectivity index (χ2n) is 29.5. The van der Waals surface area contributed by atoms with Crippen LogP contribution in [0.1, 0.15) is 152 Å². The Bertz CT molecular complexity index is 4550. The van der Waals surface area contributed by atoms with E-state index in [0.29, 0.717) is 35.0 Å². The summed E-state index contributed by atoms with van der Waals surface area (Å²) in [4.78, 5) is 296. The number of primary amides is 1.